The van der Waals surface area contributed by atoms with Gasteiger partial charge in [-0.05, 0) is 18.1 Å². The van der Waals surface area contributed by atoms with Crippen LogP contribution < -0.4 is 14.8 Å². The molecule has 1 aromatic carbocycles. The number of hydrogen-bond acceptors (Lipinski definition) is 5. The van der Waals surface area contributed by atoms with Gasteiger partial charge >= 0.3 is 0 Å². The van der Waals surface area contributed by atoms with Crippen LogP contribution in [0.5, 0.6) is 11.5 Å². The highest BCUT2D eigenvalue weighted by Gasteiger charge is 2.17. The van der Waals surface area contributed by atoms with Gasteiger partial charge in [0.15, 0.2) is 16.6 Å². The van der Waals surface area contributed by atoms with Gasteiger partial charge in [-0.15, -0.1) is 11.3 Å². The van der Waals surface area contributed by atoms with Gasteiger partial charge in [0.1, 0.15) is 0 Å². The molecular formula is C15H18N2O3S. The smallest absolute Gasteiger partial charge is 0.261 e. The van der Waals surface area contributed by atoms with Crippen molar-refractivity contribution in [2.45, 2.75) is 19.8 Å². The van der Waals surface area contributed by atoms with E-state index in [2.05, 4.69) is 24.1 Å². The third kappa shape index (κ3) is 3.33. The summed E-state index contributed by atoms with van der Waals surface area (Å²) in [5, 5.41) is 3.37. The molecule has 0 aliphatic rings. The number of benzene rings is 1. The summed E-state index contributed by atoms with van der Waals surface area (Å²) in [6.07, 6.45) is 1.79. The molecule has 1 aromatic heterocycles. The minimum atomic E-state index is -0.268. The Morgan fingerprint density at radius 1 is 1.29 bits per heavy atom. The SMILES string of the molecule is COc1cccc(C(=O)Nc2ncc(C(C)C)s2)c1OC. The molecule has 0 saturated carbocycles. The van der Waals surface area contributed by atoms with Crippen LogP contribution in [0.1, 0.15) is 35.0 Å². The maximum absolute atomic E-state index is 12.4. The van der Waals surface area contributed by atoms with E-state index in [9.17, 15) is 4.79 Å². The fraction of sp³-hybridized carbons (Fsp3) is 0.333. The van der Waals surface area contributed by atoms with E-state index in [1.165, 1.54) is 25.6 Å². The quantitative estimate of drug-likeness (QED) is 0.918. The number of aromatic nitrogens is 1. The lowest BCUT2D eigenvalue weighted by Crippen LogP contribution is -2.13. The Bertz CT molecular complexity index is 638. The van der Waals surface area contributed by atoms with Gasteiger partial charge in [0.2, 0.25) is 0 Å². The van der Waals surface area contributed by atoms with Crippen molar-refractivity contribution in [2.24, 2.45) is 0 Å². The first-order valence-electron chi connectivity index (χ1n) is 6.54. The van der Waals surface area contributed by atoms with Gasteiger partial charge in [-0.25, -0.2) is 4.98 Å². The monoisotopic (exact) mass is 306 g/mol. The highest BCUT2D eigenvalue weighted by Crippen LogP contribution is 2.32. The molecule has 0 unspecified atom stereocenters. The van der Waals surface area contributed by atoms with Crippen LogP contribution in [0, 0.1) is 0 Å². The van der Waals surface area contributed by atoms with Crippen molar-refractivity contribution in [3.8, 4) is 11.5 Å². The van der Waals surface area contributed by atoms with E-state index < -0.39 is 0 Å². The number of carbonyl (C=O) groups is 1. The molecule has 21 heavy (non-hydrogen) atoms. The van der Waals surface area contributed by atoms with Gasteiger partial charge in [0.05, 0.1) is 19.8 Å². The van der Waals surface area contributed by atoms with Crippen LogP contribution in [0.15, 0.2) is 24.4 Å². The number of thiazole rings is 1. The molecule has 2 aromatic rings. The second kappa shape index (κ2) is 6.58. The van der Waals surface area contributed by atoms with E-state index >= 15 is 0 Å². The first-order chi connectivity index (χ1) is 10.1. The zero-order valence-corrected chi connectivity index (χ0v) is 13.3. The molecule has 0 bridgehead atoms. The number of hydrogen-bond donors (Lipinski definition) is 1. The van der Waals surface area contributed by atoms with Crippen LogP contribution in [0.2, 0.25) is 0 Å². The van der Waals surface area contributed by atoms with Crippen molar-refractivity contribution < 1.29 is 14.3 Å². The summed E-state index contributed by atoms with van der Waals surface area (Å²) in [7, 11) is 3.05. The predicted molar refractivity (Wildman–Crippen MR) is 83.7 cm³/mol. The fourth-order valence-electron chi connectivity index (χ4n) is 1.84. The number of nitrogens with zero attached hydrogens (tertiary/aromatic N) is 1. The second-order valence-corrected chi connectivity index (χ2v) is 5.78. The summed E-state index contributed by atoms with van der Waals surface area (Å²) in [6.45, 7) is 4.18. The maximum Gasteiger partial charge on any atom is 0.261 e. The molecule has 1 amide bonds. The van der Waals surface area contributed by atoms with E-state index in [0.717, 1.165) is 4.88 Å². The number of ether oxygens (including phenoxy) is 2. The first-order valence-corrected chi connectivity index (χ1v) is 7.36. The van der Waals surface area contributed by atoms with Crippen LogP contribution >= 0.6 is 11.3 Å². The molecule has 1 heterocycles. The van der Waals surface area contributed by atoms with Gasteiger partial charge in [0.25, 0.3) is 5.91 Å². The molecule has 1 N–H and O–H groups in total. The summed E-state index contributed by atoms with van der Waals surface area (Å²) in [4.78, 5) is 17.7. The van der Waals surface area contributed by atoms with Crippen molar-refractivity contribution in [1.82, 2.24) is 4.98 Å². The minimum Gasteiger partial charge on any atom is -0.493 e. The lowest BCUT2D eigenvalue weighted by atomic mass is 10.1. The molecule has 5 nitrogen and oxygen atoms in total. The Morgan fingerprint density at radius 2 is 2.05 bits per heavy atom. The topological polar surface area (TPSA) is 60.5 Å². The maximum atomic E-state index is 12.4. The van der Waals surface area contributed by atoms with Gasteiger partial charge in [-0.3, -0.25) is 10.1 Å². The van der Waals surface area contributed by atoms with Gasteiger partial charge in [-0.1, -0.05) is 19.9 Å². The Morgan fingerprint density at radius 3 is 2.62 bits per heavy atom. The van der Waals surface area contributed by atoms with Gasteiger partial charge < -0.3 is 9.47 Å². The molecule has 2 rings (SSSR count). The summed E-state index contributed by atoms with van der Waals surface area (Å²) < 4.78 is 10.5. The molecule has 0 fully saturated rings. The van der Waals surface area contributed by atoms with Crippen LogP contribution in [0.25, 0.3) is 0 Å². The molecule has 112 valence electrons. The fourth-order valence-corrected chi connectivity index (χ4v) is 2.66. The molecule has 0 aliphatic heterocycles. The van der Waals surface area contributed by atoms with Crippen molar-refractivity contribution in [3.63, 3.8) is 0 Å². The lowest BCUT2D eigenvalue weighted by molar-refractivity contribution is 0.102. The molecule has 0 spiro atoms. The highest BCUT2D eigenvalue weighted by atomic mass is 32.1. The summed E-state index contributed by atoms with van der Waals surface area (Å²) in [6, 6.07) is 5.18. The number of carbonyl (C=O) groups excluding carboxylic acids is 1. The standard InChI is InChI=1S/C15H18N2O3S/c1-9(2)12-8-16-15(21-12)17-14(18)10-6-5-7-11(19-3)13(10)20-4/h5-9H,1-4H3,(H,16,17,18). The normalized spacial score (nSPS) is 10.5. The van der Waals surface area contributed by atoms with E-state index in [4.69, 9.17) is 9.47 Å². The predicted octanol–water partition coefficient (Wildman–Crippen LogP) is 3.54. The zero-order valence-electron chi connectivity index (χ0n) is 12.5. The molecule has 0 atom stereocenters. The van der Waals surface area contributed by atoms with E-state index in [0.29, 0.717) is 28.1 Å². The number of rotatable bonds is 5. The summed E-state index contributed by atoms with van der Waals surface area (Å²) in [5.41, 5.74) is 0.415. The second-order valence-electron chi connectivity index (χ2n) is 4.72. The number of amides is 1. The molecule has 6 heteroatoms. The Labute approximate surface area is 127 Å². The van der Waals surface area contributed by atoms with Crippen LogP contribution in [0.4, 0.5) is 5.13 Å². The average molecular weight is 306 g/mol. The van der Waals surface area contributed by atoms with E-state index in [-0.39, 0.29) is 5.91 Å². The Hall–Kier alpha value is -2.08. The summed E-state index contributed by atoms with van der Waals surface area (Å²) >= 11 is 1.47. The van der Waals surface area contributed by atoms with Crippen molar-refractivity contribution in [3.05, 3.63) is 34.8 Å². The lowest BCUT2D eigenvalue weighted by Gasteiger charge is -2.11. The van der Waals surface area contributed by atoms with Crippen molar-refractivity contribution in [2.75, 3.05) is 19.5 Å². The number of para-hydroxylation sites is 1. The first kappa shape index (κ1) is 15.3. The number of anilines is 1. The zero-order chi connectivity index (χ0) is 15.4. The minimum absolute atomic E-state index is 0.268. The van der Waals surface area contributed by atoms with Crippen LogP contribution in [0.3, 0.4) is 0 Å². The largest absolute Gasteiger partial charge is 0.493 e. The van der Waals surface area contributed by atoms with Gasteiger partial charge in [-0.2, -0.15) is 0 Å². The third-order valence-corrected chi connectivity index (χ3v) is 4.17. The highest BCUT2D eigenvalue weighted by molar-refractivity contribution is 7.15. The molecule has 0 saturated heterocycles. The number of nitrogens with one attached hydrogen (secondary N) is 1. The average Bonchev–Trinajstić information content (AvgIpc) is 2.94. The Kier molecular flexibility index (Phi) is 4.80. The number of methoxy groups -OCH3 is 2. The Balaban J connectivity index is 2.23. The van der Waals surface area contributed by atoms with Gasteiger partial charge in [0, 0.05) is 11.1 Å². The molecule has 0 radical (unpaired) electrons. The third-order valence-electron chi connectivity index (χ3n) is 2.96. The molecular weight excluding hydrogens is 288 g/mol. The molecule has 0 aliphatic carbocycles. The van der Waals surface area contributed by atoms with E-state index in [1.54, 1.807) is 24.4 Å². The van der Waals surface area contributed by atoms with Crippen molar-refractivity contribution >= 4 is 22.4 Å². The summed E-state index contributed by atoms with van der Waals surface area (Å²) in [5.74, 6) is 1.06. The van der Waals surface area contributed by atoms with Crippen molar-refractivity contribution in [1.29, 1.82) is 0 Å². The van der Waals surface area contributed by atoms with E-state index in [1.807, 2.05) is 0 Å². The van der Waals surface area contributed by atoms with Crippen LogP contribution in [-0.2, 0) is 0 Å². The van der Waals surface area contributed by atoms with Crippen LogP contribution in [-0.4, -0.2) is 25.1 Å².